The molecule has 0 atom stereocenters. The molecule has 0 amide bonds. The number of hydrogen-bond donors (Lipinski definition) is 0. The number of carbonyl (C=O) groups excluding carboxylic acids is 1. The first-order chi connectivity index (χ1) is 7.20. The summed E-state index contributed by atoms with van der Waals surface area (Å²) in [6.45, 7) is 5.76. The molecular formula is C12H13NO2. The second-order valence-corrected chi connectivity index (χ2v) is 3.05. The summed E-state index contributed by atoms with van der Waals surface area (Å²) in [6, 6.07) is 3.07. The minimum atomic E-state index is -0.190. The van der Waals surface area contributed by atoms with E-state index in [1.807, 2.05) is 19.1 Å². The van der Waals surface area contributed by atoms with Crippen molar-refractivity contribution in [2.75, 3.05) is 0 Å². The van der Waals surface area contributed by atoms with Crippen LogP contribution in [0.1, 0.15) is 6.92 Å². The van der Waals surface area contributed by atoms with E-state index in [4.69, 9.17) is 0 Å². The topological polar surface area (TPSA) is 39.1 Å². The Morgan fingerprint density at radius 2 is 2.20 bits per heavy atom. The van der Waals surface area contributed by atoms with E-state index in [-0.39, 0.29) is 12.1 Å². The molecule has 0 saturated carbocycles. The van der Waals surface area contributed by atoms with Crippen molar-refractivity contribution in [2.45, 2.75) is 13.5 Å². The fourth-order valence-electron chi connectivity index (χ4n) is 1.29. The van der Waals surface area contributed by atoms with Crippen molar-refractivity contribution in [1.29, 1.82) is 0 Å². The Kier molecular flexibility index (Phi) is 3.80. The van der Waals surface area contributed by atoms with Crippen LogP contribution in [-0.4, -0.2) is 10.9 Å². The summed E-state index contributed by atoms with van der Waals surface area (Å²) in [7, 11) is 0. The van der Waals surface area contributed by atoms with E-state index in [0.29, 0.717) is 11.6 Å². The summed E-state index contributed by atoms with van der Waals surface area (Å²) in [5, 5.41) is 1.40. The third-order valence-electron chi connectivity index (χ3n) is 2.02. The van der Waals surface area contributed by atoms with Crippen molar-refractivity contribution in [1.82, 2.24) is 4.57 Å². The molecule has 0 spiro atoms. The van der Waals surface area contributed by atoms with Crippen molar-refractivity contribution in [3.63, 3.8) is 0 Å². The highest BCUT2D eigenvalue weighted by Crippen LogP contribution is 1.73. The van der Waals surface area contributed by atoms with Crippen LogP contribution in [0.2, 0.25) is 0 Å². The van der Waals surface area contributed by atoms with Crippen molar-refractivity contribution < 1.29 is 4.79 Å². The summed E-state index contributed by atoms with van der Waals surface area (Å²) in [5.41, 5.74) is -0.190. The van der Waals surface area contributed by atoms with Crippen molar-refractivity contribution in [2.24, 2.45) is 0 Å². The van der Waals surface area contributed by atoms with Gasteiger partial charge in [0.05, 0.1) is 11.9 Å². The summed E-state index contributed by atoms with van der Waals surface area (Å²) in [5.74, 6) is 0. The summed E-state index contributed by atoms with van der Waals surface area (Å²) in [6.07, 6.45) is 6.13. The fourth-order valence-corrected chi connectivity index (χ4v) is 1.29. The van der Waals surface area contributed by atoms with Gasteiger partial charge in [-0.2, -0.15) is 0 Å². The number of aromatic nitrogens is 1. The number of pyridine rings is 1. The van der Waals surface area contributed by atoms with Crippen molar-refractivity contribution in [3.8, 4) is 0 Å². The second-order valence-electron chi connectivity index (χ2n) is 3.05. The summed E-state index contributed by atoms with van der Waals surface area (Å²) in [4.78, 5) is 21.9. The number of nitrogens with zero attached hydrogens (tertiary/aromatic N) is 1. The summed E-state index contributed by atoms with van der Waals surface area (Å²) >= 11 is 0. The van der Waals surface area contributed by atoms with Crippen molar-refractivity contribution >= 4 is 18.9 Å². The average molecular weight is 203 g/mol. The van der Waals surface area contributed by atoms with Gasteiger partial charge >= 0.3 is 0 Å². The smallest absolute Gasteiger partial charge is 0.251 e. The molecule has 0 radical (unpaired) electrons. The van der Waals surface area contributed by atoms with Crippen LogP contribution in [-0.2, 0) is 11.3 Å². The third-order valence-corrected chi connectivity index (χ3v) is 2.02. The predicted molar refractivity (Wildman–Crippen MR) is 60.8 cm³/mol. The van der Waals surface area contributed by atoms with E-state index in [1.165, 1.54) is 10.6 Å². The molecule has 78 valence electrons. The van der Waals surface area contributed by atoms with Gasteiger partial charge in [-0.15, -0.1) is 0 Å². The van der Waals surface area contributed by atoms with Gasteiger partial charge in [-0.3, -0.25) is 4.79 Å². The van der Waals surface area contributed by atoms with Gasteiger partial charge in [0.25, 0.3) is 5.56 Å². The minimum Gasteiger partial charge on any atom is -0.301 e. The first-order valence-corrected chi connectivity index (χ1v) is 4.66. The van der Waals surface area contributed by atoms with Crippen LogP contribution in [0.15, 0.2) is 29.1 Å². The van der Waals surface area contributed by atoms with Crippen LogP contribution in [0.3, 0.4) is 0 Å². The molecule has 0 aliphatic carbocycles. The van der Waals surface area contributed by atoms with E-state index in [2.05, 4.69) is 6.58 Å². The van der Waals surface area contributed by atoms with Gasteiger partial charge in [0.2, 0.25) is 0 Å². The molecule has 0 aliphatic heterocycles. The Balaban J connectivity index is 3.59. The number of hydrogen-bond acceptors (Lipinski definition) is 2. The van der Waals surface area contributed by atoms with E-state index in [0.717, 1.165) is 5.22 Å². The summed E-state index contributed by atoms with van der Waals surface area (Å²) < 4.78 is 1.40. The second kappa shape index (κ2) is 5.10. The van der Waals surface area contributed by atoms with Crippen LogP contribution in [0, 0.1) is 0 Å². The number of carbonyl (C=O) groups is 1. The highest BCUT2D eigenvalue weighted by Gasteiger charge is 1.96. The number of aldehydes is 1. The van der Waals surface area contributed by atoms with Gasteiger partial charge in [-0.1, -0.05) is 18.7 Å². The van der Waals surface area contributed by atoms with Crippen LogP contribution >= 0.6 is 0 Å². The molecule has 3 heteroatoms. The van der Waals surface area contributed by atoms with Crippen LogP contribution in [0.25, 0.3) is 12.7 Å². The van der Waals surface area contributed by atoms with Gasteiger partial charge in [0.15, 0.2) is 0 Å². The van der Waals surface area contributed by atoms with Gasteiger partial charge in [-0.05, 0) is 24.3 Å². The maximum absolute atomic E-state index is 11.5. The fraction of sp³-hybridized carbons (Fsp3) is 0.167. The Bertz CT molecular complexity index is 538. The van der Waals surface area contributed by atoms with E-state index < -0.39 is 0 Å². The minimum absolute atomic E-state index is 0.0611. The maximum Gasteiger partial charge on any atom is 0.251 e. The van der Waals surface area contributed by atoms with Gasteiger partial charge in [-0.25, -0.2) is 0 Å². The molecule has 1 heterocycles. The Morgan fingerprint density at radius 1 is 1.47 bits per heavy atom. The standard InChI is InChI=1S/C12H13NO2/c1-3-4-5-11-10(2)6-7-12(15)13(11)8-9-14/h3-7,9H,2,8H2,1H3/b4-3-,11-5+. The predicted octanol–water partition coefficient (Wildman–Crippen LogP) is -0.186. The quantitative estimate of drug-likeness (QED) is 0.639. The lowest BCUT2D eigenvalue weighted by Gasteiger charge is -2.01. The molecular weight excluding hydrogens is 190 g/mol. The zero-order chi connectivity index (χ0) is 11.3. The van der Waals surface area contributed by atoms with Gasteiger partial charge < -0.3 is 9.36 Å². The Labute approximate surface area is 87.7 Å². The first-order valence-electron chi connectivity index (χ1n) is 4.66. The van der Waals surface area contributed by atoms with Crippen LogP contribution < -0.4 is 16.1 Å². The molecule has 1 rings (SSSR count). The molecule has 3 nitrogen and oxygen atoms in total. The Hall–Kier alpha value is -1.90. The van der Waals surface area contributed by atoms with Gasteiger partial charge in [0.1, 0.15) is 6.29 Å². The molecule has 0 unspecified atom stereocenters. The molecule has 1 aromatic heterocycles. The van der Waals surface area contributed by atoms with E-state index in [9.17, 15) is 9.59 Å². The largest absolute Gasteiger partial charge is 0.301 e. The van der Waals surface area contributed by atoms with E-state index in [1.54, 1.807) is 12.1 Å². The normalized spacial score (nSPS) is 12.2. The molecule has 0 aromatic carbocycles. The monoisotopic (exact) mass is 203 g/mol. The zero-order valence-electron chi connectivity index (χ0n) is 8.64. The highest BCUT2D eigenvalue weighted by molar-refractivity contribution is 5.49. The lowest BCUT2D eigenvalue weighted by molar-refractivity contribution is -0.108. The molecule has 1 aromatic rings. The molecule has 0 saturated heterocycles. The maximum atomic E-state index is 11.5. The van der Waals surface area contributed by atoms with E-state index >= 15 is 0 Å². The molecule has 0 bridgehead atoms. The lowest BCUT2D eigenvalue weighted by Crippen LogP contribution is -2.42. The molecule has 0 fully saturated rings. The van der Waals surface area contributed by atoms with Gasteiger partial charge in [0, 0.05) is 6.07 Å². The first kappa shape index (κ1) is 11.2. The number of allylic oxidation sites excluding steroid dienone is 2. The zero-order valence-corrected chi connectivity index (χ0v) is 8.64. The average Bonchev–Trinajstić information content (AvgIpc) is 2.23. The molecule has 0 aliphatic rings. The van der Waals surface area contributed by atoms with Crippen LogP contribution in [0.5, 0.6) is 0 Å². The number of rotatable bonds is 3. The third kappa shape index (κ3) is 2.53. The highest BCUT2D eigenvalue weighted by atomic mass is 16.1. The van der Waals surface area contributed by atoms with Crippen LogP contribution in [0.4, 0.5) is 0 Å². The Morgan fingerprint density at radius 3 is 2.80 bits per heavy atom. The molecule has 15 heavy (non-hydrogen) atoms. The SMILES string of the molecule is C=c1ccc(=O)n(CC=O)/c1=C/C=C\C. The molecule has 0 N–H and O–H groups in total. The lowest BCUT2D eigenvalue weighted by atomic mass is 10.3. The van der Waals surface area contributed by atoms with Crippen molar-refractivity contribution in [3.05, 3.63) is 45.2 Å².